The molecule has 0 saturated heterocycles. The zero-order valence-electron chi connectivity index (χ0n) is 17.1. The third-order valence-electron chi connectivity index (χ3n) is 6.16. The first-order valence-electron chi connectivity index (χ1n) is 9.74. The number of nitrogens with zero attached hydrogens (tertiary/aromatic N) is 3. The van der Waals surface area contributed by atoms with E-state index in [4.69, 9.17) is 5.73 Å². The van der Waals surface area contributed by atoms with Gasteiger partial charge in [0.1, 0.15) is 5.82 Å². The zero-order chi connectivity index (χ0) is 20.8. The molecule has 4 aromatic rings. The maximum Gasteiger partial charge on any atom is 0.219 e. The van der Waals surface area contributed by atoms with Crippen LogP contribution in [0, 0.1) is 11.7 Å². The van der Waals surface area contributed by atoms with Crippen LogP contribution in [0.25, 0.3) is 22.0 Å². The van der Waals surface area contributed by atoms with Gasteiger partial charge in [0.05, 0.1) is 0 Å². The molecule has 1 unspecified atom stereocenters. The summed E-state index contributed by atoms with van der Waals surface area (Å²) in [6.07, 6.45) is 5.59. The lowest BCUT2D eigenvalue weighted by atomic mass is 9.68. The van der Waals surface area contributed by atoms with Crippen LogP contribution in [0.2, 0.25) is 0 Å². The van der Waals surface area contributed by atoms with Crippen LogP contribution in [0.5, 0.6) is 0 Å². The van der Waals surface area contributed by atoms with E-state index in [2.05, 4.69) is 65.8 Å². The van der Waals surface area contributed by atoms with Crippen LogP contribution in [-0.4, -0.2) is 14.5 Å². The topological polar surface area (TPSA) is 56.7 Å². The number of fused-ring (bicyclic) bond motifs is 1. The largest absolute Gasteiger partial charge is 0.368 e. The molecule has 2 aromatic carbocycles. The van der Waals surface area contributed by atoms with Gasteiger partial charge < -0.3 is 10.3 Å². The molecule has 1 atom stereocenters. The Labute approximate surface area is 170 Å². The second-order valence-corrected chi connectivity index (χ2v) is 8.08. The Bertz CT molecular complexity index is 1160. The number of aromatic nitrogens is 3. The average molecular weight is 388 g/mol. The summed E-state index contributed by atoms with van der Waals surface area (Å²) in [7, 11) is 2.01. The smallest absolute Gasteiger partial charge is 0.219 e. The minimum atomic E-state index is -0.274. The number of hydrogen-bond acceptors (Lipinski definition) is 3. The number of nitrogen functional groups attached to an aromatic ring is 1. The summed E-state index contributed by atoms with van der Waals surface area (Å²) in [6.45, 7) is 6.65. The SMILES string of the molecule is CC(C)C(C)(c1ccc(-c2cnc(N)nc2)cc1)c1cn(C)c2ccc(F)cc12. The molecular formula is C24H25FN4. The van der Waals surface area contributed by atoms with E-state index in [1.807, 2.05) is 13.1 Å². The van der Waals surface area contributed by atoms with E-state index in [9.17, 15) is 4.39 Å². The Morgan fingerprint density at radius 3 is 2.28 bits per heavy atom. The van der Waals surface area contributed by atoms with Crippen LogP contribution >= 0.6 is 0 Å². The molecule has 0 saturated carbocycles. The van der Waals surface area contributed by atoms with E-state index in [0.717, 1.165) is 27.6 Å². The summed E-state index contributed by atoms with van der Waals surface area (Å²) in [5, 5.41) is 0.958. The predicted octanol–water partition coefficient (Wildman–Crippen LogP) is 5.32. The molecule has 0 fully saturated rings. The quantitative estimate of drug-likeness (QED) is 0.515. The molecule has 0 aliphatic heterocycles. The molecule has 0 spiro atoms. The molecule has 29 heavy (non-hydrogen) atoms. The highest BCUT2D eigenvalue weighted by molar-refractivity contribution is 5.86. The highest BCUT2D eigenvalue weighted by atomic mass is 19.1. The Hall–Kier alpha value is -3.21. The fraction of sp³-hybridized carbons (Fsp3) is 0.250. The molecule has 148 valence electrons. The normalized spacial score (nSPS) is 13.7. The summed E-state index contributed by atoms with van der Waals surface area (Å²) in [5.41, 5.74) is 10.6. The Balaban J connectivity index is 1.84. The van der Waals surface area contributed by atoms with E-state index in [-0.39, 0.29) is 17.2 Å². The molecule has 0 aliphatic carbocycles. The molecular weight excluding hydrogens is 363 g/mol. The minimum Gasteiger partial charge on any atom is -0.368 e. The molecule has 2 N–H and O–H groups in total. The fourth-order valence-electron chi connectivity index (χ4n) is 4.07. The number of hydrogen-bond donors (Lipinski definition) is 1. The highest BCUT2D eigenvalue weighted by Crippen LogP contribution is 2.43. The maximum absolute atomic E-state index is 14.1. The third kappa shape index (κ3) is 3.16. The Morgan fingerprint density at radius 2 is 1.66 bits per heavy atom. The predicted molar refractivity (Wildman–Crippen MR) is 116 cm³/mol. The van der Waals surface area contributed by atoms with Crippen molar-refractivity contribution in [2.24, 2.45) is 13.0 Å². The second kappa shape index (κ2) is 6.99. The lowest BCUT2D eigenvalue weighted by Gasteiger charge is -2.35. The molecule has 2 aromatic heterocycles. The number of anilines is 1. The van der Waals surface area contributed by atoms with E-state index in [1.165, 1.54) is 11.6 Å². The van der Waals surface area contributed by atoms with Crippen molar-refractivity contribution in [3.8, 4) is 11.1 Å². The van der Waals surface area contributed by atoms with Gasteiger partial charge in [-0.2, -0.15) is 0 Å². The highest BCUT2D eigenvalue weighted by Gasteiger charge is 2.35. The van der Waals surface area contributed by atoms with Crippen molar-refractivity contribution >= 4 is 16.9 Å². The standard InChI is InChI=1S/C24H25FN4/c1-15(2)24(3,21-14-29(4)22-10-9-19(25)11-20(21)22)18-7-5-16(6-8-18)17-12-27-23(26)28-13-17/h5-15H,1-4H3,(H2,26,27,28). The van der Waals surface area contributed by atoms with Gasteiger partial charge in [-0.15, -0.1) is 0 Å². The van der Waals surface area contributed by atoms with Crippen LogP contribution < -0.4 is 5.73 Å². The van der Waals surface area contributed by atoms with E-state index in [0.29, 0.717) is 5.92 Å². The van der Waals surface area contributed by atoms with Crippen LogP contribution in [-0.2, 0) is 12.5 Å². The first-order valence-corrected chi connectivity index (χ1v) is 9.74. The van der Waals surface area contributed by atoms with Crippen molar-refractivity contribution in [1.29, 1.82) is 0 Å². The number of aryl methyl sites for hydroxylation is 1. The van der Waals surface area contributed by atoms with Crippen molar-refractivity contribution in [3.63, 3.8) is 0 Å². The summed E-state index contributed by atoms with van der Waals surface area (Å²) >= 11 is 0. The fourth-order valence-corrected chi connectivity index (χ4v) is 4.07. The zero-order valence-corrected chi connectivity index (χ0v) is 17.1. The number of halogens is 1. The van der Waals surface area contributed by atoms with Crippen molar-refractivity contribution in [2.75, 3.05) is 5.73 Å². The summed E-state index contributed by atoms with van der Waals surface area (Å²) in [5.74, 6) is 0.359. The van der Waals surface area contributed by atoms with Gasteiger partial charge in [-0.05, 0) is 40.8 Å². The lowest BCUT2D eigenvalue weighted by Crippen LogP contribution is -2.30. The first kappa shape index (κ1) is 19.1. The van der Waals surface area contributed by atoms with Crippen LogP contribution in [0.1, 0.15) is 31.9 Å². The van der Waals surface area contributed by atoms with Crippen molar-refractivity contribution in [3.05, 3.63) is 78.0 Å². The van der Waals surface area contributed by atoms with Gasteiger partial charge in [0.25, 0.3) is 0 Å². The van der Waals surface area contributed by atoms with Gasteiger partial charge in [0.15, 0.2) is 0 Å². The lowest BCUT2D eigenvalue weighted by molar-refractivity contribution is 0.407. The molecule has 0 radical (unpaired) electrons. The summed E-state index contributed by atoms with van der Waals surface area (Å²) < 4.78 is 16.1. The van der Waals surface area contributed by atoms with Crippen molar-refractivity contribution < 1.29 is 4.39 Å². The van der Waals surface area contributed by atoms with E-state index in [1.54, 1.807) is 18.5 Å². The summed E-state index contributed by atoms with van der Waals surface area (Å²) in [4.78, 5) is 8.15. The molecule has 2 heterocycles. The van der Waals surface area contributed by atoms with Crippen LogP contribution in [0.15, 0.2) is 61.1 Å². The number of nitrogens with two attached hydrogens (primary N) is 1. The van der Waals surface area contributed by atoms with Gasteiger partial charge in [-0.1, -0.05) is 45.0 Å². The van der Waals surface area contributed by atoms with Gasteiger partial charge in [0, 0.05) is 47.5 Å². The molecule has 5 heteroatoms. The van der Waals surface area contributed by atoms with Crippen molar-refractivity contribution in [1.82, 2.24) is 14.5 Å². The summed E-state index contributed by atoms with van der Waals surface area (Å²) in [6, 6.07) is 13.5. The van der Waals surface area contributed by atoms with Gasteiger partial charge in [0.2, 0.25) is 5.95 Å². The van der Waals surface area contributed by atoms with Gasteiger partial charge >= 0.3 is 0 Å². The van der Waals surface area contributed by atoms with Crippen LogP contribution in [0.3, 0.4) is 0 Å². The Morgan fingerprint density at radius 1 is 1.00 bits per heavy atom. The van der Waals surface area contributed by atoms with E-state index < -0.39 is 0 Å². The minimum absolute atomic E-state index is 0.213. The van der Waals surface area contributed by atoms with E-state index >= 15 is 0 Å². The van der Waals surface area contributed by atoms with Gasteiger partial charge in [-0.25, -0.2) is 14.4 Å². The third-order valence-corrected chi connectivity index (χ3v) is 6.16. The molecule has 0 bridgehead atoms. The molecule has 4 rings (SSSR count). The molecule has 0 aliphatic rings. The molecule has 4 nitrogen and oxygen atoms in total. The van der Waals surface area contributed by atoms with Crippen LogP contribution in [0.4, 0.5) is 10.3 Å². The van der Waals surface area contributed by atoms with Gasteiger partial charge in [-0.3, -0.25) is 0 Å². The first-order chi connectivity index (χ1) is 13.8. The average Bonchev–Trinajstić information content (AvgIpc) is 3.04. The molecule has 0 amide bonds. The van der Waals surface area contributed by atoms with Crippen molar-refractivity contribution in [2.45, 2.75) is 26.2 Å². The number of benzene rings is 2. The maximum atomic E-state index is 14.1. The second-order valence-electron chi connectivity index (χ2n) is 8.08. The number of rotatable bonds is 4. The Kier molecular flexibility index (Phi) is 4.61. The monoisotopic (exact) mass is 388 g/mol.